The van der Waals surface area contributed by atoms with Crippen LogP contribution < -0.4 is 0 Å². The number of halogens is 6. The van der Waals surface area contributed by atoms with Crippen molar-refractivity contribution in [3.05, 3.63) is 70.8 Å². The third-order valence-electron chi connectivity index (χ3n) is 2.76. The van der Waals surface area contributed by atoms with Gasteiger partial charge in [-0.1, -0.05) is 49.2 Å². The lowest BCUT2D eigenvalue weighted by Gasteiger charge is -2.05. The van der Waals surface area contributed by atoms with Gasteiger partial charge in [0.25, 0.3) is 0 Å². The van der Waals surface area contributed by atoms with Crippen LogP contribution in [0.3, 0.4) is 0 Å². The number of rotatable bonds is 0. The van der Waals surface area contributed by atoms with Gasteiger partial charge in [0.2, 0.25) is 0 Å². The minimum Gasteiger partial charge on any atom is -0.166 e. The highest BCUT2D eigenvalue weighted by Crippen LogP contribution is 2.29. The van der Waals surface area contributed by atoms with Crippen molar-refractivity contribution in [3.8, 4) is 0 Å². The molecule has 0 fully saturated rings. The molecule has 0 amide bonds. The van der Waals surface area contributed by atoms with Gasteiger partial charge in [0.15, 0.2) is 0 Å². The van der Waals surface area contributed by atoms with Crippen molar-refractivity contribution in [2.45, 2.75) is 40.0 Å². The number of alkyl halides is 6. The van der Waals surface area contributed by atoms with Crippen LogP contribution in [0.4, 0.5) is 26.3 Å². The Morgan fingerprint density at radius 1 is 0.500 bits per heavy atom. The fourth-order valence-electron chi connectivity index (χ4n) is 1.49. The number of hydrogen-bond acceptors (Lipinski definition) is 0. The second-order valence-electron chi connectivity index (χ2n) is 4.73. The van der Waals surface area contributed by atoms with E-state index in [1.165, 1.54) is 24.3 Å². The topological polar surface area (TPSA) is 0 Å². The molecule has 0 heterocycles. The van der Waals surface area contributed by atoms with E-state index in [9.17, 15) is 26.3 Å². The van der Waals surface area contributed by atoms with Gasteiger partial charge in [-0.2, -0.15) is 26.3 Å². The first kappa shape index (κ1) is 22.0. The minimum absolute atomic E-state index is 0.594. The molecule has 0 aliphatic rings. The standard InChI is InChI=1S/2C8H7F3.C2H6/c2*1-6-2-4-7(5-3-6)8(9,10)11;1-2/h2*2-5H,1H3;1-2H3. The zero-order valence-electron chi connectivity index (χ0n) is 13.9. The second kappa shape index (κ2) is 9.35. The van der Waals surface area contributed by atoms with Crippen LogP contribution >= 0.6 is 0 Å². The minimum atomic E-state index is -4.21. The lowest BCUT2D eigenvalue weighted by molar-refractivity contribution is -0.138. The van der Waals surface area contributed by atoms with E-state index in [0.717, 1.165) is 35.4 Å². The maximum absolute atomic E-state index is 11.9. The smallest absolute Gasteiger partial charge is 0.166 e. The largest absolute Gasteiger partial charge is 0.416 e. The van der Waals surface area contributed by atoms with Gasteiger partial charge >= 0.3 is 12.4 Å². The van der Waals surface area contributed by atoms with E-state index < -0.39 is 23.5 Å². The Kier molecular flexibility index (Phi) is 8.58. The summed E-state index contributed by atoms with van der Waals surface area (Å²) in [4.78, 5) is 0. The summed E-state index contributed by atoms with van der Waals surface area (Å²) >= 11 is 0. The third kappa shape index (κ3) is 8.04. The van der Waals surface area contributed by atoms with Crippen LogP contribution in [0.2, 0.25) is 0 Å². The van der Waals surface area contributed by atoms with Crippen molar-refractivity contribution in [3.63, 3.8) is 0 Å². The summed E-state index contributed by atoms with van der Waals surface area (Å²) in [5, 5.41) is 0. The van der Waals surface area contributed by atoms with Crippen LogP contribution in [0.1, 0.15) is 36.1 Å². The van der Waals surface area contributed by atoms with Gasteiger partial charge in [-0.05, 0) is 38.1 Å². The molecule has 6 heteroatoms. The summed E-state index contributed by atoms with van der Waals surface area (Å²) < 4.78 is 71.5. The number of hydrogen-bond donors (Lipinski definition) is 0. The second-order valence-corrected chi connectivity index (χ2v) is 4.73. The summed E-state index contributed by atoms with van der Waals surface area (Å²) in [6, 6.07) is 10.1. The van der Waals surface area contributed by atoms with Crippen molar-refractivity contribution in [1.29, 1.82) is 0 Å². The Morgan fingerprint density at radius 3 is 0.875 bits per heavy atom. The Bertz CT molecular complexity index is 521. The van der Waals surface area contributed by atoms with Crippen molar-refractivity contribution in [1.82, 2.24) is 0 Å². The fourth-order valence-corrected chi connectivity index (χ4v) is 1.49. The predicted molar refractivity (Wildman–Crippen MR) is 83.7 cm³/mol. The molecule has 2 rings (SSSR count). The van der Waals surface area contributed by atoms with Crippen LogP contribution in [-0.4, -0.2) is 0 Å². The van der Waals surface area contributed by atoms with E-state index in [2.05, 4.69) is 0 Å². The Hall–Kier alpha value is -1.98. The van der Waals surface area contributed by atoms with E-state index in [0.29, 0.717) is 0 Å². The highest BCUT2D eigenvalue weighted by atomic mass is 19.4. The molecule has 0 saturated heterocycles. The molecule has 0 spiro atoms. The molecular weight excluding hydrogens is 330 g/mol. The van der Waals surface area contributed by atoms with Crippen LogP contribution in [-0.2, 0) is 12.4 Å². The quantitative estimate of drug-likeness (QED) is 0.446. The summed E-state index contributed by atoms with van der Waals surface area (Å²) in [6.07, 6.45) is -8.43. The average Bonchev–Trinajstić information content (AvgIpc) is 2.49. The van der Waals surface area contributed by atoms with Crippen molar-refractivity contribution in [2.24, 2.45) is 0 Å². The highest BCUT2D eigenvalue weighted by Gasteiger charge is 2.30. The summed E-state index contributed by atoms with van der Waals surface area (Å²) in [5.41, 5.74) is 0.474. The van der Waals surface area contributed by atoms with E-state index in [1.807, 2.05) is 13.8 Å². The fraction of sp³-hybridized carbons (Fsp3) is 0.333. The predicted octanol–water partition coefficient (Wildman–Crippen LogP) is 7.05. The zero-order valence-corrected chi connectivity index (χ0v) is 13.9. The monoisotopic (exact) mass is 350 g/mol. The molecule has 2 aromatic carbocycles. The number of benzene rings is 2. The van der Waals surface area contributed by atoms with Gasteiger partial charge in [0, 0.05) is 0 Å². The summed E-state index contributed by atoms with van der Waals surface area (Å²) in [6.45, 7) is 7.50. The van der Waals surface area contributed by atoms with Gasteiger partial charge in [-0.25, -0.2) is 0 Å². The van der Waals surface area contributed by atoms with E-state index in [1.54, 1.807) is 13.8 Å². The molecule has 0 radical (unpaired) electrons. The Labute approximate surface area is 138 Å². The normalized spacial score (nSPS) is 10.9. The van der Waals surface area contributed by atoms with Gasteiger partial charge < -0.3 is 0 Å². The van der Waals surface area contributed by atoms with Crippen LogP contribution in [0.25, 0.3) is 0 Å². The van der Waals surface area contributed by atoms with E-state index in [-0.39, 0.29) is 0 Å². The Morgan fingerprint density at radius 2 is 0.708 bits per heavy atom. The van der Waals surface area contributed by atoms with Gasteiger partial charge in [0.05, 0.1) is 11.1 Å². The van der Waals surface area contributed by atoms with Crippen molar-refractivity contribution < 1.29 is 26.3 Å². The molecule has 0 saturated carbocycles. The molecule has 134 valence electrons. The van der Waals surface area contributed by atoms with Crippen LogP contribution in [0.15, 0.2) is 48.5 Å². The maximum Gasteiger partial charge on any atom is 0.416 e. The van der Waals surface area contributed by atoms with Gasteiger partial charge in [-0.15, -0.1) is 0 Å². The lowest BCUT2D eigenvalue weighted by atomic mass is 10.1. The summed E-state index contributed by atoms with van der Waals surface area (Å²) in [7, 11) is 0. The van der Waals surface area contributed by atoms with E-state index in [4.69, 9.17) is 0 Å². The first-order chi connectivity index (χ1) is 11.0. The maximum atomic E-state index is 11.9. The molecule has 2 aromatic rings. The van der Waals surface area contributed by atoms with E-state index >= 15 is 0 Å². The van der Waals surface area contributed by atoms with Gasteiger partial charge in [0.1, 0.15) is 0 Å². The number of aryl methyl sites for hydroxylation is 2. The van der Waals surface area contributed by atoms with Crippen LogP contribution in [0.5, 0.6) is 0 Å². The Balaban J connectivity index is 0.000000400. The van der Waals surface area contributed by atoms with Crippen LogP contribution in [0, 0.1) is 13.8 Å². The van der Waals surface area contributed by atoms with Crippen molar-refractivity contribution >= 4 is 0 Å². The molecule has 24 heavy (non-hydrogen) atoms. The molecule has 0 nitrogen and oxygen atoms in total. The molecular formula is C18H20F6. The SMILES string of the molecule is CC.Cc1ccc(C(F)(F)F)cc1.Cc1ccc(C(F)(F)F)cc1. The molecule has 0 aliphatic heterocycles. The first-order valence-corrected chi connectivity index (χ1v) is 7.28. The highest BCUT2D eigenvalue weighted by molar-refractivity contribution is 5.24. The lowest BCUT2D eigenvalue weighted by Crippen LogP contribution is -2.03. The molecule has 0 bridgehead atoms. The molecule has 0 aliphatic carbocycles. The first-order valence-electron chi connectivity index (χ1n) is 7.28. The molecule has 0 aromatic heterocycles. The van der Waals surface area contributed by atoms with Crippen molar-refractivity contribution in [2.75, 3.05) is 0 Å². The van der Waals surface area contributed by atoms with Gasteiger partial charge in [-0.3, -0.25) is 0 Å². The third-order valence-corrected chi connectivity index (χ3v) is 2.76. The summed E-state index contributed by atoms with van der Waals surface area (Å²) in [5.74, 6) is 0. The average molecular weight is 350 g/mol. The molecule has 0 N–H and O–H groups in total. The molecule has 0 unspecified atom stereocenters. The molecule has 0 atom stereocenters. The zero-order chi connectivity index (χ0) is 19.0.